The van der Waals surface area contributed by atoms with Gasteiger partial charge in [-0.1, -0.05) is 142 Å². The molecule has 0 amide bonds. The third-order valence-corrected chi connectivity index (χ3v) is 6.41. The molecule has 2 N–H and O–H groups in total. The maximum atomic E-state index is 10.4. The smallest absolute Gasteiger partial charge is 0.305 e. The number of carbonyl (C=O) groups is 1. The van der Waals surface area contributed by atoms with Crippen molar-refractivity contribution < 1.29 is 19.7 Å². The maximum absolute atomic E-state index is 10.4. The summed E-state index contributed by atoms with van der Waals surface area (Å²) >= 11 is 0. The standard InChI is InChI=1S/C28H56O4/c1-2-3-4-5-6-7-8-9-10-11-12-13-14-15-16-17-18-19-20-21-22-23-27(29)26-32-25-24-28(30)31/h27,29H,2-26H2,1H3,(H,30,31). The van der Waals surface area contributed by atoms with E-state index in [2.05, 4.69) is 6.92 Å². The zero-order valence-electron chi connectivity index (χ0n) is 21.5. The molecule has 0 spiro atoms. The van der Waals surface area contributed by atoms with Crippen LogP contribution in [0.25, 0.3) is 0 Å². The molecule has 0 aromatic rings. The van der Waals surface area contributed by atoms with E-state index >= 15 is 0 Å². The first-order valence-electron chi connectivity index (χ1n) is 14.1. The Hall–Kier alpha value is -0.610. The average molecular weight is 457 g/mol. The van der Waals surface area contributed by atoms with E-state index in [-0.39, 0.29) is 19.6 Å². The number of ether oxygens (including phenoxy) is 1. The molecule has 0 fully saturated rings. The third-order valence-electron chi connectivity index (χ3n) is 6.41. The largest absolute Gasteiger partial charge is 0.481 e. The quantitative estimate of drug-likeness (QED) is 0.122. The van der Waals surface area contributed by atoms with Crippen LogP contribution in [0.4, 0.5) is 0 Å². The van der Waals surface area contributed by atoms with Gasteiger partial charge in [0, 0.05) is 0 Å². The summed E-state index contributed by atoms with van der Waals surface area (Å²) in [6, 6.07) is 0. The van der Waals surface area contributed by atoms with Gasteiger partial charge in [-0.25, -0.2) is 0 Å². The van der Waals surface area contributed by atoms with E-state index in [1.165, 1.54) is 128 Å². The number of rotatable bonds is 27. The van der Waals surface area contributed by atoms with E-state index in [1.54, 1.807) is 0 Å². The molecule has 4 heteroatoms. The van der Waals surface area contributed by atoms with Gasteiger partial charge in [0.25, 0.3) is 0 Å². The van der Waals surface area contributed by atoms with Crippen molar-refractivity contribution >= 4 is 5.97 Å². The van der Waals surface area contributed by atoms with E-state index in [0.717, 1.165) is 12.8 Å². The fourth-order valence-electron chi connectivity index (χ4n) is 4.27. The van der Waals surface area contributed by atoms with Crippen molar-refractivity contribution in [2.24, 2.45) is 0 Å². The van der Waals surface area contributed by atoms with Crippen molar-refractivity contribution in [3.63, 3.8) is 0 Å². The van der Waals surface area contributed by atoms with Gasteiger partial charge in [0.1, 0.15) is 0 Å². The second-order valence-electron chi connectivity index (χ2n) is 9.73. The molecule has 0 aromatic carbocycles. The predicted octanol–water partition coefficient (Wildman–Crippen LogP) is 8.44. The first-order valence-corrected chi connectivity index (χ1v) is 14.1. The minimum absolute atomic E-state index is 0.00603. The molecule has 0 rings (SSSR count). The fraction of sp³-hybridized carbons (Fsp3) is 0.964. The first kappa shape index (κ1) is 31.4. The zero-order chi connectivity index (χ0) is 23.5. The molecule has 1 unspecified atom stereocenters. The molecule has 32 heavy (non-hydrogen) atoms. The van der Waals surface area contributed by atoms with Gasteiger partial charge in [-0.2, -0.15) is 0 Å². The lowest BCUT2D eigenvalue weighted by atomic mass is 10.0. The molecular weight excluding hydrogens is 400 g/mol. The van der Waals surface area contributed by atoms with Gasteiger partial charge < -0.3 is 14.9 Å². The minimum atomic E-state index is -0.858. The van der Waals surface area contributed by atoms with Crippen LogP contribution in [0.3, 0.4) is 0 Å². The number of unbranched alkanes of at least 4 members (excludes halogenated alkanes) is 20. The van der Waals surface area contributed by atoms with E-state index in [1.807, 2.05) is 0 Å². The second kappa shape index (κ2) is 26.6. The van der Waals surface area contributed by atoms with Crippen molar-refractivity contribution in [2.75, 3.05) is 13.2 Å². The summed E-state index contributed by atoms with van der Waals surface area (Å²) in [5.74, 6) is -0.858. The lowest BCUT2D eigenvalue weighted by Crippen LogP contribution is -2.16. The molecule has 4 nitrogen and oxygen atoms in total. The van der Waals surface area contributed by atoms with Crippen molar-refractivity contribution in [3.05, 3.63) is 0 Å². The Kier molecular flexibility index (Phi) is 26.1. The van der Waals surface area contributed by atoms with Gasteiger partial charge in [-0.15, -0.1) is 0 Å². The minimum Gasteiger partial charge on any atom is -0.481 e. The summed E-state index contributed by atoms with van der Waals surface area (Å²) in [6.45, 7) is 2.73. The Morgan fingerprint density at radius 2 is 0.969 bits per heavy atom. The monoisotopic (exact) mass is 456 g/mol. The number of aliphatic hydroxyl groups excluding tert-OH is 1. The summed E-state index contributed by atoms with van der Waals surface area (Å²) in [7, 11) is 0. The Balaban J connectivity index is 3.09. The van der Waals surface area contributed by atoms with Crippen molar-refractivity contribution in [1.82, 2.24) is 0 Å². The van der Waals surface area contributed by atoms with Crippen molar-refractivity contribution in [3.8, 4) is 0 Å². The summed E-state index contributed by atoms with van der Waals surface area (Å²) < 4.78 is 5.17. The molecule has 1 atom stereocenters. The number of aliphatic hydroxyl groups is 1. The number of carboxylic acid groups (broad SMARTS) is 1. The summed E-state index contributed by atoms with van der Waals surface area (Å²) in [5, 5.41) is 18.3. The predicted molar refractivity (Wildman–Crippen MR) is 136 cm³/mol. The molecule has 0 bridgehead atoms. The van der Waals surface area contributed by atoms with E-state index < -0.39 is 12.1 Å². The molecule has 0 aliphatic carbocycles. The molecule has 0 aliphatic rings. The molecule has 0 radical (unpaired) electrons. The van der Waals surface area contributed by atoms with Crippen LogP contribution in [0.5, 0.6) is 0 Å². The summed E-state index contributed by atoms with van der Waals surface area (Å²) in [6.07, 6.45) is 29.3. The van der Waals surface area contributed by atoms with Gasteiger partial charge in [0.2, 0.25) is 0 Å². The highest BCUT2D eigenvalue weighted by Gasteiger charge is 2.05. The van der Waals surface area contributed by atoms with E-state index in [4.69, 9.17) is 9.84 Å². The first-order chi connectivity index (χ1) is 15.7. The summed E-state index contributed by atoms with van der Waals surface area (Å²) in [4.78, 5) is 10.4. The van der Waals surface area contributed by atoms with Crippen molar-refractivity contribution in [2.45, 2.75) is 161 Å². The average Bonchev–Trinajstić information content (AvgIpc) is 2.77. The van der Waals surface area contributed by atoms with Crippen LogP contribution in [0.15, 0.2) is 0 Å². The normalized spacial score (nSPS) is 12.3. The number of carboxylic acids is 1. The van der Waals surface area contributed by atoms with Gasteiger partial charge in [0.05, 0.1) is 25.7 Å². The lowest BCUT2D eigenvalue weighted by molar-refractivity contribution is -0.138. The highest BCUT2D eigenvalue weighted by Crippen LogP contribution is 2.15. The second-order valence-corrected chi connectivity index (χ2v) is 9.73. The lowest BCUT2D eigenvalue weighted by Gasteiger charge is -2.10. The number of aliphatic carboxylic acids is 1. The molecule has 0 heterocycles. The van der Waals surface area contributed by atoms with Crippen LogP contribution in [-0.4, -0.2) is 35.5 Å². The van der Waals surface area contributed by atoms with E-state index in [9.17, 15) is 9.90 Å². The molecule has 0 saturated carbocycles. The van der Waals surface area contributed by atoms with Crippen molar-refractivity contribution in [1.29, 1.82) is 0 Å². The SMILES string of the molecule is CCCCCCCCCCCCCCCCCCCCCCCC(O)COCCC(=O)O. The Bertz CT molecular complexity index is 372. The van der Waals surface area contributed by atoms with Crippen LogP contribution in [0, 0.1) is 0 Å². The van der Waals surface area contributed by atoms with Crippen LogP contribution in [-0.2, 0) is 9.53 Å². The van der Waals surface area contributed by atoms with Crippen LogP contribution < -0.4 is 0 Å². The molecule has 0 aromatic heterocycles. The van der Waals surface area contributed by atoms with Gasteiger partial charge in [-0.3, -0.25) is 4.79 Å². The molecule has 0 aliphatic heterocycles. The van der Waals surface area contributed by atoms with Gasteiger partial charge in [0.15, 0.2) is 0 Å². The van der Waals surface area contributed by atoms with E-state index in [0.29, 0.717) is 0 Å². The Morgan fingerprint density at radius 1 is 0.625 bits per heavy atom. The topological polar surface area (TPSA) is 66.8 Å². The van der Waals surface area contributed by atoms with Crippen LogP contribution in [0.1, 0.15) is 155 Å². The van der Waals surface area contributed by atoms with Gasteiger partial charge >= 0.3 is 5.97 Å². The fourth-order valence-corrected chi connectivity index (χ4v) is 4.27. The van der Waals surface area contributed by atoms with Crippen LogP contribution in [0.2, 0.25) is 0 Å². The summed E-state index contributed by atoms with van der Waals surface area (Å²) in [5.41, 5.74) is 0. The zero-order valence-corrected chi connectivity index (χ0v) is 21.5. The maximum Gasteiger partial charge on any atom is 0.305 e. The molecule has 192 valence electrons. The number of hydrogen-bond acceptors (Lipinski definition) is 3. The Morgan fingerprint density at radius 3 is 1.31 bits per heavy atom. The van der Waals surface area contributed by atoms with Crippen LogP contribution >= 0.6 is 0 Å². The Labute approximate surface area is 199 Å². The number of hydrogen-bond donors (Lipinski definition) is 2. The molecular formula is C28H56O4. The third kappa shape index (κ3) is 27.4. The highest BCUT2D eigenvalue weighted by atomic mass is 16.5. The molecule has 0 saturated heterocycles. The highest BCUT2D eigenvalue weighted by molar-refractivity contribution is 5.66. The van der Waals surface area contributed by atoms with Gasteiger partial charge in [-0.05, 0) is 6.42 Å².